The maximum atomic E-state index is 13.6. The Hall–Kier alpha value is -2.11. The van der Waals surface area contributed by atoms with Crippen molar-refractivity contribution in [1.82, 2.24) is 9.80 Å². The molecule has 2 aliphatic heterocycles. The third-order valence-corrected chi connectivity index (χ3v) is 7.01. The predicted octanol–water partition coefficient (Wildman–Crippen LogP) is 3.37. The van der Waals surface area contributed by atoms with Crippen LogP contribution in [0.2, 0.25) is 0 Å². The van der Waals surface area contributed by atoms with Gasteiger partial charge in [-0.05, 0) is 63.8 Å². The number of benzene rings is 1. The van der Waals surface area contributed by atoms with Gasteiger partial charge in [0.25, 0.3) is 5.91 Å². The van der Waals surface area contributed by atoms with Gasteiger partial charge in [0.2, 0.25) is 5.91 Å². The highest BCUT2D eigenvalue weighted by Gasteiger charge is 2.62. The number of carbonyl (C=O) groups is 2. The number of carbonyl (C=O) groups excluding carboxylic acids is 2. The van der Waals surface area contributed by atoms with Crippen molar-refractivity contribution >= 4 is 11.8 Å². The van der Waals surface area contributed by atoms with Crippen molar-refractivity contribution in [3.8, 4) is 5.75 Å². The SMILES string of the molecule is CC(=O)N1C[C@@H]2C[C@@]3(C)[C@H](CCC[C@@H]13)N2C(=O)C(C)(C)Oc1ccc(F)cc1. The summed E-state index contributed by atoms with van der Waals surface area (Å²) in [4.78, 5) is 29.9. The predicted molar refractivity (Wildman–Crippen MR) is 103 cm³/mol. The molecule has 2 heterocycles. The number of ether oxygens (including phenoxy) is 1. The van der Waals surface area contributed by atoms with Crippen LogP contribution in [0.3, 0.4) is 0 Å². The fraction of sp³-hybridized carbons (Fsp3) is 0.636. The summed E-state index contributed by atoms with van der Waals surface area (Å²) in [6, 6.07) is 6.11. The number of amides is 2. The Kier molecular flexibility index (Phi) is 4.43. The molecule has 1 aliphatic carbocycles. The lowest BCUT2D eigenvalue weighted by Gasteiger charge is -2.49. The van der Waals surface area contributed by atoms with Crippen molar-refractivity contribution in [3.63, 3.8) is 0 Å². The second kappa shape index (κ2) is 6.46. The van der Waals surface area contributed by atoms with E-state index >= 15 is 0 Å². The van der Waals surface area contributed by atoms with Gasteiger partial charge in [-0.15, -0.1) is 0 Å². The first-order valence-corrected chi connectivity index (χ1v) is 10.2. The van der Waals surface area contributed by atoms with Crippen LogP contribution in [0, 0.1) is 11.2 Å². The van der Waals surface area contributed by atoms with Crippen molar-refractivity contribution in [3.05, 3.63) is 30.1 Å². The van der Waals surface area contributed by atoms with Crippen LogP contribution in [0.25, 0.3) is 0 Å². The molecule has 0 unspecified atom stereocenters. The van der Waals surface area contributed by atoms with Crippen LogP contribution in [0.5, 0.6) is 5.75 Å². The number of likely N-dealkylation sites (tertiary alicyclic amines) is 2. The summed E-state index contributed by atoms with van der Waals surface area (Å²) in [5, 5.41) is 0. The highest BCUT2D eigenvalue weighted by atomic mass is 19.1. The molecule has 2 amide bonds. The molecule has 2 bridgehead atoms. The number of piperidine rings is 1. The Balaban J connectivity index is 1.62. The zero-order valence-corrected chi connectivity index (χ0v) is 17.1. The summed E-state index contributed by atoms with van der Waals surface area (Å²) >= 11 is 0. The molecule has 5 nitrogen and oxygen atoms in total. The Bertz CT molecular complexity index is 793. The Labute approximate surface area is 165 Å². The fourth-order valence-corrected chi connectivity index (χ4v) is 5.80. The van der Waals surface area contributed by atoms with Crippen molar-refractivity contribution < 1.29 is 18.7 Å². The number of nitrogens with zero attached hydrogens (tertiary/aromatic N) is 2. The van der Waals surface area contributed by atoms with Crippen LogP contribution in [0.15, 0.2) is 24.3 Å². The van der Waals surface area contributed by atoms with E-state index in [1.54, 1.807) is 32.9 Å². The molecule has 3 fully saturated rings. The molecule has 3 aliphatic rings. The summed E-state index contributed by atoms with van der Waals surface area (Å²) in [6.07, 6.45) is 3.93. The number of hydrogen-bond acceptors (Lipinski definition) is 3. The first kappa shape index (κ1) is 19.2. The van der Waals surface area contributed by atoms with Gasteiger partial charge in [-0.25, -0.2) is 4.39 Å². The number of fused-ring (bicyclic) bond motifs is 1. The van der Waals surface area contributed by atoms with Gasteiger partial charge in [0.1, 0.15) is 11.6 Å². The molecule has 1 aromatic rings. The van der Waals surface area contributed by atoms with E-state index in [1.165, 1.54) is 12.1 Å². The molecule has 0 N–H and O–H groups in total. The van der Waals surface area contributed by atoms with Gasteiger partial charge in [0.05, 0.1) is 6.04 Å². The third kappa shape index (κ3) is 2.88. The van der Waals surface area contributed by atoms with Gasteiger partial charge in [0.15, 0.2) is 5.60 Å². The number of hydrogen-bond donors (Lipinski definition) is 0. The summed E-state index contributed by atoms with van der Waals surface area (Å²) in [7, 11) is 0. The molecular weight excluding hydrogens is 359 g/mol. The highest BCUT2D eigenvalue weighted by molar-refractivity contribution is 5.86. The minimum absolute atomic E-state index is 0.0249. The largest absolute Gasteiger partial charge is 0.478 e. The summed E-state index contributed by atoms with van der Waals surface area (Å²) in [5.41, 5.74) is -1.13. The molecule has 4 rings (SSSR count). The van der Waals surface area contributed by atoms with E-state index in [9.17, 15) is 14.0 Å². The quantitative estimate of drug-likeness (QED) is 0.798. The van der Waals surface area contributed by atoms with E-state index in [0.29, 0.717) is 12.3 Å². The zero-order chi connectivity index (χ0) is 20.3. The molecule has 2 saturated heterocycles. The van der Waals surface area contributed by atoms with Crippen LogP contribution in [0.4, 0.5) is 4.39 Å². The van der Waals surface area contributed by atoms with E-state index in [-0.39, 0.29) is 41.2 Å². The van der Waals surface area contributed by atoms with E-state index in [1.807, 2.05) is 9.80 Å². The lowest BCUT2D eigenvalue weighted by Crippen LogP contribution is -2.57. The molecule has 4 atom stereocenters. The highest BCUT2D eigenvalue weighted by Crippen LogP contribution is 2.54. The molecule has 1 aromatic carbocycles. The van der Waals surface area contributed by atoms with Gasteiger partial charge >= 0.3 is 0 Å². The lowest BCUT2D eigenvalue weighted by atomic mass is 9.66. The molecular formula is C22H29FN2O3. The normalized spacial score (nSPS) is 31.7. The maximum Gasteiger partial charge on any atom is 0.266 e. The first-order chi connectivity index (χ1) is 13.1. The van der Waals surface area contributed by atoms with E-state index < -0.39 is 5.60 Å². The Morgan fingerprint density at radius 3 is 2.46 bits per heavy atom. The van der Waals surface area contributed by atoms with Crippen LogP contribution in [0.1, 0.15) is 53.4 Å². The Morgan fingerprint density at radius 2 is 1.82 bits per heavy atom. The summed E-state index contributed by atoms with van der Waals surface area (Å²) in [5.74, 6) is 0.176. The smallest absolute Gasteiger partial charge is 0.266 e. The lowest BCUT2D eigenvalue weighted by molar-refractivity contribution is -0.149. The first-order valence-electron chi connectivity index (χ1n) is 10.2. The molecule has 28 heavy (non-hydrogen) atoms. The van der Waals surface area contributed by atoms with Gasteiger partial charge in [-0.1, -0.05) is 6.92 Å². The zero-order valence-electron chi connectivity index (χ0n) is 17.1. The van der Waals surface area contributed by atoms with Gasteiger partial charge in [-0.3, -0.25) is 9.59 Å². The maximum absolute atomic E-state index is 13.6. The third-order valence-electron chi connectivity index (χ3n) is 7.01. The molecule has 0 radical (unpaired) electrons. The fourth-order valence-electron chi connectivity index (χ4n) is 5.80. The molecule has 0 aromatic heterocycles. The van der Waals surface area contributed by atoms with E-state index in [0.717, 1.165) is 25.7 Å². The number of halogens is 1. The van der Waals surface area contributed by atoms with Crippen molar-refractivity contribution in [1.29, 1.82) is 0 Å². The summed E-state index contributed by atoms with van der Waals surface area (Å²) < 4.78 is 19.2. The number of rotatable bonds is 3. The van der Waals surface area contributed by atoms with Crippen molar-refractivity contribution in [2.24, 2.45) is 5.41 Å². The van der Waals surface area contributed by atoms with Crippen LogP contribution in [-0.4, -0.2) is 51.9 Å². The van der Waals surface area contributed by atoms with Gasteiger partial charge < -0.3 is 14.5 Å². The van der Waals surface area contributed by atoms with Gasteiger partial charge in [0, 0.05) is 31.0 Å². The van der Waals surface area contributed by atoms with Crippen LogP contribution in [-0.2, 0) is 9.59 Å². The van der Waals surface area contributed by atoms with Crippen LogP contribution >= 0.6 is 0 Å². The van der Waals surface area contributed by atoms with Crippen molar-refractivity contribution in [2.45, 2.75) is 77.1 Å². The molecule has 0 spiro atoms. The van der Waals surface area contributed by atoms with Gasteiger partial charge in [-0.2, -0.15) is 0 Å². The standard InChI is InChI=1S/C22H29FN2O3/c1-14(26)24-13-16-12-22(4)18(24)6-5-7-19(22)25(16)20(27)21(2,3)28-17-10-8-15(23)9-11-17/h8-11,16,18-19H,5-7,12-13H2,1-4H3/t16-,18+,19-,22+/m0/s1. The van der Waals surface area contributed by atoms with E-state index in [2.05, 4.69) is 6.92 Å². The monoisotopic (exact) mass is 388 g/mol. The van der Waals surface area contributed by atoms with Crippen LogP contribution < -0.4 is 4.74 Å². The minimum Gasteiger partial charge on any atom is -0.478 e. The second-order valence-electron chi connectivity index (χ2n) is 9.28. The molecule has 152 valence electrons. The molecule has 6 heteroatoms. The second-order valence-corrected chi connectivity index (χ2v) is 9.28. The Morgan fingerprint density at radius 1 is 1.18 bits per heavy atom. The van der Waals surface area contributed by atoms with E-state index in [4.69, 9.17) is 4.74 Å². The summed E-state index contributed by atoms with van der Waals surface area (Å²) in [6.45, 7) is 8.01. The average Bonchev–Trinajstić information content (AvgIpc) is 2.92. The van der Waals surface area contributed by atoms with Crippen molar-refractivity contribution in [2.75, 3.05) is 6.54 Å². The average molecular weight is 388 g/mol. The molecule has 1 saturated carbocycles. The minimum atomic E-state index is -1.07. The topological polar surface area (TPSA) is 49.9 Å².